The summed E-state index contributed by atoms with van der Waals surface area (Å²) in [5.74, 6) is -0.191. The average Bonchev–Trinajstić information content (AvgIpc) is 2.79. The Hall–Kier alpha value is -3.73. The third kappa shape index (κ3) is 4.15. The summed E-state index contributed by atoms with van der Waals surface area (Å²) in [5, 5.41) is 9.01. The van der Waals surface area contributed by atoms with Gasteiger partial charge in [0, 0.05) is 43.8 Å². The van der Waals surface area contributed by atoms with Gasteiger partial charge in [0.05, 0.1) is 22.9 Å². The molecule has 1 saturated heterocycles. The Labute approximate surface area is 173 Å². The molecule has 4 heterocycles. The number of rotatable bonds is 4. The van der Waals surface area contributed by atoms with Crippen LogP contribution >= 0.6 is 0 Å². The monoisotopic (exact) mass is 402 g/mol. The number of carbonyl (C=O) groups excluding carboxylic acids is 1. The lowest BCUT2D eigenvalue weighted by Gasteiger charge is -2.36. The number of carbonyl (C=O) groups is 1. The SMILES string of the molecule is N#Cc1ccnc(CC2(F)CCN(C(=O)c3cccnc3-c3ccncn3)CC2)c1. The van der Waals surface area contributed by atoms with Crippen LogP contribution < -0.4 is 0 Å². The second kappa shape index (κ2) is 8.33. The highest BCUT2D eigenvalue weighted by Crippen LogP contribution is 2.31. The summed E-state index contributed by atoms with van der Waals surface area (Å²) in [6, 6.07) is 10.4. The number of likely N-dealkylation sites (tertiary alicyclic amines) is 1. The molecule has 1 amide bonds. The van der Waals surface area contributed by atoms with Gasteiger partial charge in [-0.25, -0.2) is 14.4 Å². The normalized spacial score (nSPS) is 15.4. The van der Waals surface area contributed by atoms with E-state index >= 15 is 4.39 Å². The lowest BCUT2D eigenvalue weighted by molar-refractivity contribution is 0.0434. The largest absolute Gasteiger partial charge is 0.338 e. The van der Waals surface area contributed by atoms with Gasteiger partial charge in [-0.1, -0.05) is 0 Å². The highest BCUT2D eigenvalue weighted by Gasteiger charge is 2.37. The summed E-state index contributed by atoms with van der Waals surface area (Å²) in [6.45, 7) is 0.594. The minimum atomic E-state index is -1.46. The molecular weight excluding hydrogens is 383 g/mol. The van der Waals surface area contributed by atoms with Gasteiger partial charge in [-0.15, -0.1) is 0 Å². The number of aromatic nitrogens is 4. The Morgan fingerprint density at radius 1 is 1.13 bits per heavy atom. The van der Waals surface area contributed by atoms with Crippen molar-refractivity contribution in [2.24, 2.45) is 0 Å². The summed E-state index contributed by atoms with van der Waals surface area (Å²) in [7, 11) is 0. The van der Waals surface area contributed by atoms with E-state index in [1.807, 2.05) is 6.07 Å². The van der Waals surface area contributed by atoms with Gasteiger partial charge in [0.2, 0.25) is 0 Å². The number of nitriles is 1. The summed E-state index contributed by atoms with van der Waals surface area (Å²) < 4.78 is 15.4. The molecule has 4 rings (SSSR count). The smallest absolute Gasteiger partial charge is 0.256 e. The molecular formula is C22H19FN6O. The fourth-order valence-electron chi connectivity index (χ4n) is 3.64. The Morgan fingerprint density at radius 2 is 1.97 bits per heavy atom. The summed E-state index contributed by atoms with van der Waals surface area (Å²) in [6.07, 6.45) is 6.68. The van der Waals surface area contributed by atoms with Gasteiger partial charge in [-0.2, -0.15) is 5.26 Å². The van der Waals surface area contributed by atoms with Gasteiger partial charge in [-0.3, -0.25) is 14.8 Å². The van der Waals surface area contributed by atoms with E-state index in [-0.39, 0.29) is 25.2 Å². The first kappa shape index (κ1) is 19.6. The van der Waals surface area contributed by atoms with E-state index < -0.39 is 5.67 Å². The van der Waals surface area contributed by atoms with E-state index in [4.69, 9.17) is 5.26 Å². The van der Waals surface area contributed by atoms with Crippen LogP contribution in [0.15, 0.2) is 55.2 Å². The molecule has 0 saturated carbocycles. The molecule has 3 aromatic heterocycles. The Bertz CT molecular complexity index is 1090. The van der Waals surface area contributed by atoms with Crippen molar-refractivity contribution in [1.29, 1.82) is 5.26 Å². The van der Waals surface area contributed by atoms with Crippen molar-refractivity contribution in [3.63, 3.8) is 0 Å². The van der Waals surface area contributed by atoms with Gasteiger partial charge < -0.3 is 4.90 Å². The lowest BCUT2D eigenvalue weighted by atomic mass is 9.88. The Balaban J connectivity index is 1.47. The lowest BCUT2D eigenvalue weighted by Crippen LogP contribution is -2.45. The predicted molar refractivity (Wildman–Crippen MR) is 107 cm³/mol. The molecule has 0 aromatic carbocycles. The molecule has 0 aliphatic carbocycles. The molecule has 30 heavy (non-hydrogen) atoms. The van der Waals surface area contributed by atoms with Crippen LogP contribution in [0.25, 0.3) is 11.4 Å². The van der Waals surface area contributed by atoms with Crippen molar-refractivity contribution in [2.45, 2.75) is 24.9 Å². The number of alkyl halides is 1. The van der Waals surface area contributed by atoms with Crippen LogP contribution in [0.1, 0.15) is 34.5 Å². The molecule has 0 N–H and O–H groups in total. The highest BCUT2D eigenvalue weighted by molar-refractivity contribution is 5.99. The van der Waals surface area contributed by atoms with E-state index in [1.165, 1.54) is 12.5 Å². The summed E-state index contributed by atoms with van der Waals surface area (Å²) in [5.41, 5.74) is 1.04. The number of halogens is 1. The minimum Gasteiger partial charge on any atom is -0.338 e. The standard InChI is InChI=1S/C22H19FN6O/c23-22(13-17-12-16(14-24)3-9-26-17)5-10-29(11-6-22)21(30)18-2-1-7-27-20(18)19-4-8-25-15-28-19/h1-4,7-9,12,15H,5-6,10-11,13H2. The zero-order valence-electron chi connectivity index (χ0n) is 16.2. The Kier molecular flexibility index (Phi) is 5.44. The Morgan fingerprint density at radius 3 is 2.70 bits per heavy atom. The molecule has 3 aromatic rings. The third-order valence-corrected chi connectivity index (χ3v) is 5.25. The number of hydrogen-bond acceptors (Lipinski definition) is 6. The van der Waals surface area contributed by atoms with Crippen molar-refractivity contribution in [3.8, 4) is 17.5 Å². The van der Waals surface area contributed by atoms with Crippen LogP contribution in [0, 0.1) is 11.3 Å². The second-order valence-electron chi connectivity index (χ2n) is 7.26. The molecule has 0 bridgehead atoms. The fraction of sp³-hybridized carbons (Fsp3) is 0.273. The number of piperidine rings is 1. The molecule has 1 fully saturated rings. The van der Waals surface area contributed by atoms with Crippen molar-refractivity contribution >= 4 is 5.91 Å². The van der Waals surface area contributed by atoms with E-state index in [1.54, 1.807) is 47.6 Å². The van der Waals surface area contributed by atoms with Gasteiger partial charge in [0.1, 0.15) is 17.7 Å². The average molecular weight is 402 g/mol. The first-order chi connectivity index (χ1) is 14.6. The van der Waals surface area contributed by atoms with Crippen molar-refractivity contribution in [3.05, 3.63) is 72.1 Å². The molecule has 1 aliphatic rings. The summed E-state index contributed by atoms with van der Waals surface area (Å²) >= 11 is 0. The highest BCUT2D eigenvalue weighted by atomic mass is 19.1. The predicted octanol–water partition coefficient (Wildman–Crippen LogP) is 2.99. The van der Waals surface area contributed by atoms with Gasteiger partial charge in [0.25, 0.3) is 5.91 Å². The fourth-order valence-corrected chi connectivity index (χ4v) is 3.64. The van der Waals surface area contributed by atoms with Gasteiger partial charge >= 0.3 is 0 Å². The molecule has 0 atom stereocenters. The second-order valence-corrected chi connectivity index (χ2v) is 7.26. The molecule has 1 aliphatic heterocycles. The van der Waals surface area contributed by atoms with Crippen LogP contribution in [0.3, 0.4) is 0 Å². The van der Waals surface area contributed by atoms with Crippen LogP contribution in [-0.4, -0.2) is 49.5 Å². The quantitative estimate of drug-likeness (QED) is 0.666. The van der Waals surface area contributed by atoms with Crippen LogP contribution in [0.2, 0.25) is 0 Å². The van der Waals surface area contributed by atoms with Crippen LogP contribution in [0.4, 0.5) is 4.39 Å². The van der Waals surface area contributed by atoms with Gasteiger partial charge in [0.15, 0.2) is 0 Å². The molecule has 8 heteroatoms. The maximum Gasteiger partial charge on any atom is 0.256 e. The molecule has 0 radical (unpaired) electrons. The first-order valence-corrected chi connectivity index (χ1v) is 9.63. The zero-order valence-corrected chi connectivity index (χ0v) is 16.2. The molecule has 0 unspecified atom stereocenters. The zero-order chi connectivity index (χ0) is 21.0. The van der Waals surface area contributed by atoms with E-state index in [9.17, 15) is 4.79 Å². The molecule has 7 nitrogen and oxygen atoms in total. The number of pyridine rings is 2. The maximum atomic E-state index is 15.4. The van der Waals surface area contributed by atoms with Crippen molar-refractivity contribution < 1.29 is 9.18 Å². The number of amides is 1. The van der Waals surface area contributed by atoms with Crippen LogP contribution in [0.5, 0.6) is 0 Å². The maximum absolute atomic E-state index is 15.4. The van der Waals surface area contributed by atoms with Crippen molar-refractivity contribution in [2.75, 3.05) is 13.1 Å². The topological polar surface area (TPSA) is 95.7 Å². The number of hydrogen-bond donors (Lipinski definition) is 0. The molecule has 150 valence electrons. The third-order valence-electron chi connectivity index (χ3n) is 5.25. The van der Waals surface area contributed by atoms with Crippen LogP contribution in [-0.2, 0) is 6.42 Å². The van der Waals surface area contributed by atoms with E-state index in [0.29, 0.717) is 41.3 Å². The van der Waals surface area contributed by atoms with Gasteiger partial charge in [-0.05, 0) is 43.2 Å². The van der Waals surface area contributed by atoms with E-state index in [2.05, 4.69) is 19.9 Å². The van der Waals surface area contributed by atoms with E-state index in [0.717, 1.165) is 0 Å². The molecule has 0 spiro atoms. The summed E-state index contributed by atoms with van der Waals surface area (Å²) in [4.78, 5) is 31.4. The number of nitrogens with zero attached hydrogens (tertiary/aromatic N) is 6. The first-order valence-electron chi connectivity index (χ1n) is 9.63. The van der Waals surface area contributed by atoms with Crippen molar-refractivity contribution in [1.82, 2.24) is 24.8 Å². The minimum absolute atomic E-state index is 0.129.